The molecule has 1 aliphatic rings. The van der Waals surface area contributed by atoms with Crippen LogP contribution < -0.4 is 15.4 Å². The molecule has 0 saturated carbocycles. The van der Waals surface area contributed by atoms with Gasteiger partial charge in [0.05, 0.1) is 7.11 Å². The van der Waals surface area contributed by atoms with Gasteiger partial charge in [-0.15, -0.1) is 12.4 Å². The Bertz CT molecular complexity index is 375. The minimum Gasteiger partial charge on any atom is -0.497 e. The first-order chi connectivity index (χ1) is 8.29. The van der Waals surface area contributed by atoms with E-state index >= 15 is 0 Å². The minimum atomic E-state index is -0.0265. The predicted octanol–water partition coefficient (Wildman–Crippen LogP) is 1.60. The predicted molar refractivity (Wildman–Crippen MR) is 73.6 cm³/mol. The Balaban J connectivity index is 0.00000162. The monoisotopic (exact) mass is 270 g/mol. The lowest BCUT2D eigenvalue weighted by atomic mass is 10.2. The molecule has 0 spiro atoms. The van der Waals surface area contributed by atoms with Crippen molar-refractivity contribution < 1.29 is 9.53 Å². The minimum absolute atomic E-state index is 0. The van der Waals surface area contributed by atoms with Crippen LogP contribution in [0.25, 0.3) is 0 Å². The molecule has 5 heteroatoms. The van der Waals surface area contributed by atoms with E-state index in [1.165, 1.54) is 6.42 Å². The molecule has 1 unspecified atom stereocenters. The molecule has 1 fully saturated rings. The number of hydrogen-bond donors (Lipinski definition) is 2. The molecule has 18 heavy (non-hydrogen) atoms. The van der Waals surface area contributed by atoms with Crippen LogP contribution in [0.3, 0.4) is 0 Å². The fraction of sp³-hybridized carbons (Fsp3) is 0.462. The molecule has 1 amide bonds. The summed E-state index contributed by atoms with van der Waals surface area (Å²) in [4.78, 5) is 11.8. The third-order valence-corrected chi connectivity index (χ3v) is 3.02. The third kappa shape index (κ3) is 3.89. The molecule has 0 aromatic heterocycles. The van der Waals surface area contributed by atoms with Gasteiger partial charge in [0.25, 0.3) is 5.91 Å². The summed E-state index contributed by atoms with van der Waals surface area (Å²) >= 11 is 0. The Labute approximate surface area is 114 Å². The first-order valence-corrected chi connectivity index (χ1v) is 5.95. The van der Waals surface area contributed by atoms with Gasteiger partial charge in [0.15, 0.2) is 0 Å². The maximum absolute atomic E-state index is 11.8. The lowest BCUT2D eigenvalue weighted by Gasteiger charge is -2.11. The summed E-state index contributed by atoms with van der Waals surface area (Å²) in [5.41, 5.74) is 0.670. The molecule has 4 nitrogen and oxygen atoms in total. The molecular formula is C13H19ClN2O2. The second-order valence-electron chi connectivity index (χ2n) is 4.23. The summed E-state index contributed by atoms with van der Waals surface area (Å²) in [6, 6.07) is 7.56. The second kappa shape index (κ2) is 7.24. The van der Waals surface area contributed by atoms with Gasteiger partial charge in [-0.1, -0.05) is 0 Å². The number of carbonyl (C=O) groups excluding carboxylic acids is 1. The summed E-state index contributed by atoms with van der Waals surface area (Å²) in [5, 5.41) is 6.28. The SMILES string of the molecule is COc1ccc(C(=O)NCC2CCCN2)cc1.Cl. The number of benzene rings is 1. The van der Waals surface area contributed by atoms with Gasteiger partial charge in [-0.05, 0) is 43.7 Å². The van der Waals surface area contributed by atoms with Crippen LogP contribution in [0.5, 0.6) is 5.75 Å². The first-order valence-electron chi connectivity index (χ1n) is 5.95. The maximum Gasteiger partial charge on any atom is 0.251 e. The smallest absolute Gasteiger partial charge is 0.251 e. The zero-order chi connectivity index (χ0) is 12.1. The number of nitrogens with one attached hydrogen (secondary N) is 2. The van der Waals surface area contributed by atoms with Gasteiger partial charge in [-0.3, -0.25) is 4.79 Å². The van der Waals surface area contributed by atoms with Crippen molar-refractivity contribution in [2.75, 3.05) is 20.2 Å². The quantitative estimate of drug-likeness (QED) is 0.874. The molecule has 1 aromatic rings. The summed E-state index contributed by atoms with van der Waals surface area (Å²) < 4.78 is 5.05. The fourth-order valence-corrected chi connectivity index (χ4v) is 1.99. The third-order valence-electron chi connectivity index (χ3n) is 3.02. The summed E-state index contributed by atoms with van der Waals surface area (Å²) in [6.45, 7) is 1.76. The molecule has 0 aliphatic carbocycles. The van der Waals surface area contributed by atoms with E-state index in [0.29, 0.717) is 18.2 Å². The molecular weight excluding hydrogens is 252 g/mol. The summed E-state index contributed by atoms with van der Waals surface area (Å²) in [7, 11) is 1.61. The Morgan fingerprint density at radius 1 is 1.44 bits per heavy atom. The molecule has 1 aromatic carbocycles. The molecule has 2 rings (SSSR count). The number of rotatable bonds is 4. The van der Waals surface area contributed by atoms with Gasteiger partial charge >= 0.3 is 0 Å². The van der Waals surface area contributed by atoms with Gasteiger partial charge in [0.1, 0.15) is 5.75 Å². The Morgan fingerprint density at radius 2 is 2.17 bits per heavy atom. The van der Waals surface area contributed by atoms with E-state index in [9.17, 15) is 4.79 Å². The Morgan fingerprint density at radius 3 is 2.72 bits per heavy atom. The maximum atomic E-state index is 11.8. The van der Waals surface area contributed by atoms with Crippen LogP contribution in [0.1, 0.15) is 23.2 Å². The molecule has 0 bridgehead atoms. The van der Waals surface area contributed by atoms with Gasteiger partial charge in [0, 0.05) is 18.2 Å². The molecule has 2 N–H and O–H groups in total. The first kappa shape index (κ1) is 14.8. The zero-order valence-electron chi connectivity index (χ0n) is 10.4. The van der Waals surface area contributed by atoms with Gasteiger partial charge < -0.3 is 15.4 Å². The Hall–Kier alpha value is -1.26. The lowest BCUT2D eigenvalue weighted by Crippen LogP contribution is -2.37. The molecule has 0 radical (unpaired) electrons. The van der Waals surface area contributed by atoms with Crippen molar-refractivity contribution in [3.63, 3.8) is 0 Å². The number of halogens is 1. The molecule has 1 saturated heterocycles. The molecule has 1 aliphatic heterocycles. The van der Waals surface area contributed by atoms with E-state index in [2.05, 4.69) is 10.6 Å². The van der Waals surface area contributed by atoms with Gasteiger partial charge in [-0.2, -0.15) is 0 Å². The number of ether oxygens (including phenoxy) is 1. The van der Waals surface area contributed by atoms with E-state index in [1.807, 2.05) is 0 Å². The largest absolute Gasteiger partial charge is 0.497 e. The lowest BCUT2D eigenvalue weighted by molar-refractivity contribution is 0.0950. The zero-order valence-corrected chi connectivity index (χ0v) is 11.3. The van der Waals surface area contributed by atoms with Crippen LogP contribution in [-0.2, 0) is 0 Å². The highest BCUT2D eigenvalue weighted by molar-refractivity contribution is 5.94. The standard InChI is InChI=1S/C13H18N2O2.ClH/c1-17-12-6-4-10(5-7-12)13(16)15-9-11-3-2-8-14-11;/h4-7,11,14H,2-3,8-9H2,1H3,(H,15,16);1H. The van der Waals surface area contributed by atoms with Crippen molar-refractivity contribution >= 4 is 18.3 Å². The fourth-order valence-electron chi connectivity index (χ4n) is 1.99. The average molecular weight is 271 g/mol. The van der Waals surface area contributed by atoms with Crippen LogP contribution in [0.2, 0.25) is 0 Å². The summed E-state index contributed by atoms with van der Waals surface area (Å²) in [5.74, 6) is 0.736. The van der Waals surface area contributed by atoms with Crippen LogP contribution in [0.15, 0.2) is 24.3 Å². The van der Waals surface area contributed by atoms with Crippen LogP contribution in [0.4, 0.5) is 0 Å². The number of carbonyl (C=O) groups is 1. The topological polar surface area (TPSA) is 50.4 Å². The average Bonchev–Trinajstić information content (AvgIpc) is 2.89. The van der Waals surface area contributed by atoms with Gasteiger partial charge in [-0.25, -0.2) is 0 Å². The Kier molecular flexibility index (Phi) is 5.95. The van der Waals surface area contributed by atoms with Crippen LogP contribution >= 0.6 is 12.4 Å². The van der Waals surface area contributed by atoms with E-state index < -0.39 is 0 Å². The van der Waals surface area contributed by atoms with Crippen molar-refractivity contribution in [3.05, 3.63) is 29.8 Å². The summed E-state index contributed by atoms with van der Waals surface area (Å²) in [6.07, 6.45) is 2.34. The molecule has 1 atom stereocenters. The highest BCUT2D eigenvalue weighted by Crippen LogP contribution is 2.11. The van der Waals surface area contributed by atoms with Crippen LogP contribution in [0, 0.1) is 0 Å². The van der Waals surface area contributed by atoms with E-state index in [1.54, 1.807) is 31.4 Å². The number of methoxy groups -OCH3 is 1. The molecule has 100 valence electrons. The molecule has 1 heterocycles. The normalized spacial score (nSPS) is 17.9. The van der Waals surface area contributed by atoms with E-state index in [4.69, 9.17) is 4.74 Å². The van der Waals surface area contributed by atoms with E-state index in [0.717, 1.165) is 18.7 Å². The van der Waals surface area contributed by atoms with Crippen molar-refractivity contribution in [3.8, 4) is 5.75 Å². The number of hydrogen-bond acceptors (Lipinski definition) is 3. The second-order valence-corrected chi connectivity index (χ2v) is 4.23. The van der Waals surface area contributed by atoms with Crippen molar-refractivity contribution in [1.82, 2.24) is 10.6 Å². The van der Waals surface area contributed by atoms with Gasteiger partial charge in [0.2, 0.25) is 0 Å². The van der Waals surface area contributed by atoms with E-state index in [-0.39, 0.29) is 18.3 Å². The van der Waals surface area contributed by atoms with Crippen LogP contribution in [-0.4, -0.2) is 32.1 Å². The highest BCUT2D eigenvalue weighted by Gasteiger charge is 2.15. The van der Waals surface area contributed by atoms with Crippen molar-refractivity contribution in [2.24, 2.45) is 0 Å². The van der Waals surface area contributed by atoms with Crippen molar-refractivity contribution in [1.29, 1.82) is 0 Å². The highest BCUT2D eigenvalue weighted by atomic mass is 35.5. The number of amides is 1. The van der Waals surface area contributed by atoms with Crippen molar-refractivity contribution in [2.45, 2.75) is 18.9 Å².